The van der Waals surface area contributed by atoms with Gasteiger partial charge in [0.05, 0.1) is 16.3 Å². The largest absolute Gasteiger partial charge is 0.478 e. The SMILES string of the molecule is Cc1cc(/C=C2/C(=O)NC(=O)N(c3cccc(F)c3)C2=O)c(C)n1-c1ccc(C(=O)O)c(Cl)c1. The molecule has 1 fully saturated rings. The summed E-state index contributed by atoms with van der Waals surface area (Å²) in [5.41, 5.74) is 2.11. The maximum absolute atomic E-state index is 13.7. The van der Waals surface area contributed by atoms with Gasteiger partial charge in [-0.05, 0) is 68.0 Å². The molecule has 34 heavy (non-hydrogen) atoms. The molecular formula is C24H17ClFN3O5. The van der Waals surface area contributed by atoms with Crippen molar-refractivity contribution >= 4 is 47.2 Å². The van der Waals surface area contributed by atoms with Crippen molar-refractivity contribution in [2.24, 2.45) is 0 Å². The molecule has 2 aromatic carbocycles. The zero-order valence-corrected chi connectivity index (χ0v) is 18.7. The van der Waals surface area contributed by atoms with Gasteiger partial charge < -0.3 is 9.67 Å². The van der Waals surface area contributed by atoms with Crippen molar-refractivity contribution < 1.29 is 28.7 Å². The summed E-state index contributed by atoms with van der Waals surface area (Å²) in [4.78, 5) is 49.8. The average molecular weight is 482 g/mol. The number of hydrogen-bond donors (Lipinski definition) is 2. The number of urea groups is 1. The van der Waals surface area contributed by atoms with Gasteiger partial charge in [0.15, 0.2) is 0 Å². The number of carboxylic acid groups (broad SMARTS) is 1. The van der Waals surface area contributed by atoms with E-state index in [-0.39, 0.29) is 21.8 Å². The molecule has 172 valence electrons. The van der Waals surface area contributed by atoms with Crippen LogP contribution in [-0.4, -0.2) is 33.5 Å². The number of carbonyl (C=O) groups excluding carboxylic acids is 3. The van der Waals surface area contributed by atoms with Gasteiger partial charge in [-0.25, -0.2) is 18.9 Å². The number of halogens is 2. The minimum atomic E-state index is -1.15. The summed E-state index contributed by atoms with van der Waals surface area (Å²) in [5.74, 6) is -3.56. The molecule has 4 amide bonds. The number of rotatable bonds is 4. The van der Waals surface area contributed by atoms with Crippen LogP contribution in [0.5, 0.6) is 0 Å². The van der Waals surface area contributed by atoms with Crippen LogP contribution in [-0.2, 0) is 9.59 Å². The molecular weight excluding hydrogens is 465 g/mol. The number of carboxylic acids is 1. The monoisotopic (exact) mass is 481 g/mol. The van der Waals surface area contributed by atoms with Crippen LogP contribution >= 0.6 is 11.6 Å². The van der Waals surface area contributed by atoms with Crippen molar-refractivity contribution in [3.8, 4) is 5.69 Å². The standard InChI is InChI=1S/C24H17ClFN3O5/c1-12-8-14(13(2)28(12)17-6-7-18(23(32)33)20(25)11-17)9-19-21(30)27-24(34)29(22(19)31)16-5-3-4-15(26)10-16/h3-11H,1-2H3,(H,32,33)(H,27,30,34)/b19-9-. The third-order valence-electron chi connectivity index (χ3n) is 5.38. The maximum atomic E-state index is 13.7. The quantitative estimate of drug-likeness (QED) is 0.427. The average Bonchev–Trinajstić information content (AvgIpc) is 3.03. The molecule has 10 heteroatoms. The van der Waals surface area contributed by atoms with Crippen LogP contribution in [0, 0.1) is 19.7 Å². The molecule has 4 rings (SSSR count). The van der Waals surface area contributed by atoms with E-state index in [1.165, 1.54) is 36.4 Å². The normalized spacial score (nSPS) is 15.1. The number of carbonyl (C=O) groups is 4. The number of aryl methyl sites for hydroxylation is 1. The number of benzene rings is 2. The highest BCUT2D eigenvalue weighted by molar-refractivity contribution is 6.39. The minimum Gasteiger partial charge on any atom is -0.478 e. The van der Waals surface area contributed by atoms with E-state index < -0.39 is 29.6 Å². The topological polar surface area (TPSA) is 109 Å². The second-order valence-electron chi connectivity index (χ2n) is 7.57. The fourth-order valence-corrected chi connectivity index (χ4v) is 4.07. The summed E-state index contributed by atoms with van der Waals surface area (Å²) < 4.78 is 15.4. The number of amides is 4. The van der Waals surface area contributed by atoms with E-state index in [9.17, 15) is 28.7 Å². The Labute approximate surface area is 197 Å². The molecule has 0 radical (unpaired) electrons. The Hall–Kier alpha value is -4.24. The van der Waals surface area contributed by atoms with Gasteiger partial charge in [0.2, 0.25) is 0 Å². The molecule has 0 unspecified atom stereocenters. The first-order valence-corrected chi connectivity index (χ1v) is 10.4. The minimum absolute atomic E-state index is 0.0143. The molecule has 2 N–H and O–H groups in total. The molecule has 8 nitrogen and oxygen atoms in total. The van der Waals surface area contributed by atoms with E-state index in [2.05, 4.69) is 5.32 Å². The molecule has 0 spiro atoms. The summed E-state index contributed by atoms with van der Waals surface area (Å²) in [5, 5.41) is 11.4. The lowest BCUT2D eigenvalue weighted by molar-refractivity contribution is -0.122. The molecule has 3 aromatic rings. The van der Waals surface area contributed by atoms with Gasteiger partial charge in [-0.2, -0.15) is 0 Å². The molecule has 0 bridgehead atoms. The van der Waals surface area contributed by atoms with E-state index in [1.807, 2.05) is 0 Å². The summed E-state index contributed by atoms with van der Waals surface area (Å²) in [6.07, 6.45) is 1.35. The zero-order valence-electron chi connectivity index (χ0n) is 17.9. The maximum Gasteiger partial charge on any atom is 0.337 e. The Morgan fingerprint density at radius 3 is 2.44 bits per heavy atom. The fourth-order valence-electron chi connectivity index (χ4n) is 3.81. The van der Waals surface area contributed by atoms with Crippen molar-refractivity contribution in [1.82, 2.24) is 9.88 Å². The Bertz CT molecular complexity index is 1430. The van der Waals surface area contributed by atoms with Gasteiger partial charge in [-0.15, -0.1) is 0 Å². The van der Waals surface area contributed by atoms with Crippen molar-refractivity contribution in [2.75, 3.05) is 4.90 Å². The second-order valence-corrected chi connectivity index (χ2v) is 7.98. The smallest absolute Gasteiger partial charge is 0.337 e. The Morgan fingerprint density at radius 2 is 1.79 bits per heavy atom. The van der Waals surface area contributed by atoms with E-state index in [1.54, 1.807) is 30.5 Å². The van der Waals surface area contributed by atoms with Gasteiger partial charge in [0, 0.05) is 17.1 Å². The van der Waals surface area contributed by atoms with Crippen LogP contribution in [0.15, 0.2) is 54.1 Å². The molecule has 1 saturated heterocycles. The van der Waals surface area contributed by atoms with Gasteiger partial charge in [-0.1, -0.05) is 17.7 Å². The van der Waals surface area contributed by atoms with Crippen LogP contribution in [0.25, 0.3) is 11.8 Å². The molecule has 1 aliphatic rings. The first kappa shape index (κ1) is 22.9. The van der Waals surface area contributed by atoms with Crippen molar-refractivity contribution in [3.63, 3.8) is 0 Å². The molecule has 1 aromatic heterocycles. The highest BCUT2D eigenvalue weighted by Crippen LogP contribution is 2.28. The number of hydrogen-bond acceptors (Lipinski definition) is 4. The Balaban J connectivity index is 1.76. The lowest BCUT2D eigenvalue weighted by Gasteiger charge is -2.26. The number of aromatic carboxylic acids is 1. The van der Waals surface area contributed by atoms with Gasteiger partial charge >= 0.3 is 12.0 Å². The van der Waals surface area contributed by atoms with E-state index >= 15 is 0 Å². The summed E-state index contributed by atoms with van der Waals surface area (Å²) in [6.45, 7) is 3.54. The lowest BCUT2D eigenvalue weighted by atomic mass is 10.1. The lowest BCUT2D eigenvalue weighted by Crippen LogP contribution is -2.54. The van der Waals surface area contributed by atoms with Crippen molar-refractivity contribution in [1.29, 1.82) is 0 Å². The van der Waals surface area contributed by atoms with E-state index in [0.717, 1.165) is 11.8 Å². The number of nitrogens with zero attached hydrogens (tertiary/aromatic N) is 2. The Kier molecular flexibility index (Phi) is 5.80. The van der Waals surface area contributed by atoms with Gasteiger partial charge in [-0.3, -0.25) is 14.9 Å². The first-order valence-electron chi connectivity index (χ1n) is 9.97. The fraction of sp³-hybridized carbons (Fsp3) is 0.0833. The van der Waals surface area contributed by atoms with Gasteiger partial charge in [0.1, 0.15) is 11.4 Å². The number of barbiturate groups is 1. The highest BCUT2D eigenvalue weighted by Gasteiger charge is 2.37. The molecule has 0 aliphatic carbocycles. The van der Waals surface area contributed by atoms with E-state index in [0.29, 0.717) is 21.8 Å². The summed E-state index contributed by atoms with van der Waals surface area (Å²) in [6, 6.07) is 10.1. The second kappa shape index (κ2) is 8.60. The molecule has 2 heterocycles. The van der Waals surface area contributed by atoms with Crippen LogP contribution in [0.4, 0.5) is 14.9 Å². The predicted octanol–water partition coefficient (Wildman–Crippen LogP) is 4.25. The number of anilines is 1. The highest BCUT2D eigenvalue weighted by atomic mass is 35.5. The third-order valence-corrected chi connectivity index (χ3v) is 5.69. The Morgan fingerprint density at radius 1 is 1.06 bits per heavy atom. The van der Waals surface area contributed by atoms with Crippen LogP contribution in [0.3, 0.4) is 0 Å². The van der Waals surface area contributed by atoms with Crippen molar-refractivity contribution in [3.05, 3.63) is 87.5 Å². The molecule has 0 saturated carbocycles. The zero-order chi connectivity index (χ0) is 24.7. The van der Waals surface area contributed by atoms with Crippen LogP contribution in [0.2, 0.25) is 5.02 Å². The van der Waals surface area contributed by atoms with Crippen LogP contribution in [0.1, 0.15) is 27.3 Å². The molecule has 0 atom stereocenters. The number of nitrogens with one attached hydrogen (secondary N) is 1. The first-order chi connectivity index (χ1) is 16.1. The van der Waals surface area contributed by atoms with Gasteiger partial charge in [0.25, 0.3) is 11.8 Å². The number of aromatic nitrogens is 1. The molecule has 1 aliphatic heterocycles. The number of imide groups is 2. The van der Waals surface area contributed by atoms with E-state index in [4.69, 9.17) is 11.6 Å². The summed E-state index contributed by atoms with van der Waals surface area (Å²) >= 11 is 6.11. The summed E-state index contributed by atoms with van der Waals surface area (Å²) in [7, 11) is 0. The van der Waals surface area contributed by atoms with Crippen LogP contribution < -0.4 is 10.2 Å². The predicted molar refractivity (Wildman–Crippen MR) is 123 cm³/mol. The van der Waals surface area contributed by atoms with Crippen molar-refractivity contribution in [2.45, 2.75) is 13.8 Å². The third kappa shape index (κ3) is 3.97.